The molecule has 2 amide bonds. The van der Waals surface area contributed by atoms with E-state index in [4.69, 9.17) is 9.72 Å². The molecule has 1 saturated carbocycles. The maximum absolute atomic E-state index is 13.4. The first kappa shape index (κ1) is 27.5. The highest BCUT2D eigenvalue weighted by atomic mass is 16.5. The first-order valence-electron chi connectivity index (χ1n) is 14.4. The van der Waals surface area contributed by atoms with Crippen molar-refractivity contribution in [3.63, 3.8) is 0 Å². The number of amides is 2. The number of hydrogen-bond donors (Lipinski definition) is 0. The van der Waals surface area contributed by atoms with E-state index in [0.717, 1.165) is 47.9 Å². The first-order valence-corrected chi connectivity index (χ1v) is 14.4. The number of aryl methyl sites for hydroxylation is 3. The number of rotatable bonds is 6. The van der Waals surface area contributed by atoms with Crippen LogP contribution >= 0.6 is 0 Å². The SMILES string of the molecule is Cc1ccc(C(=O)COC(=O)c2cc(-c3ccc(N4C(=O)C5CCCCC5C4=O)cc3)nc3c(C)cccc23)cc1C. The maximum Gasteiger partial charge on any atom is 0.339 e. The lowest BCUT2D eigenvalue weighted by Crippen LogP contribution is -2.30. The Morgan fingerprint density at radius 3 is 2.19 bits per heavy atom. The number of aromatic nitrogens is 1. The number of carbonyl (C=O) groups excluding carboxylic acids is 4. The van der Waals surface area contributed by atoms with Crippen LogP contribution in [0.5, 0.6) is 0 Å². The molecule has 42 heavy (non-hydrogen) atoms. The zero-order chi connectivity index (χ0) is 29.5. The predicted octanol–water partition coefficient (Wildman–Crippen LogP) is 6.55. The molecule has 0 spiro atoms. The molecule has 0 radical (unpaired) electrons. The molecule has 0 N–H and O–H groups in total. The lowest BCUT2D eigenvalue weighted by molar-refractivity contribution is -0.122. The number of Topliss-reactive ketones (excluding diaryl/α,β-unsaturated/α-hetero) is 1. The van der Waals surface area contributed by atoms with Gasteiger partial charge >= 0.3 is 5.97 Å². The largest absolute Gasteiger partial charge is 0.454 e. The number of nitrogens with zero attached hydrogens (tertiary/aromatic N) is 2. The third-order valence-electron chi connectivity index (χ3n) is 8.69. The second kappa shape index (κ2) is 11.0. The van der Waals surface area contributed by atoms with Gasteiger partial charge in [0.1, 0.15) is 0 Å². The number of ether oxygens (including phenoxy) is 1. The van der Waals surface area contributed by atoms with Gasteiger partial charge in [-0.25, -0.2) is 9.78 Å². The minimum Gasteiger partial charge on any atom is -0.454 e. The van der Waals surface area contributed by atoms with E-state index in [-0.39, 0.29) is 36.0 Å². The molecule has 1 saturated heterocycles. The maximum atomic E-state index is 13.4. The van der Waals surface area contributed by atoms with Crippen LogP contribution in [0.2, 0.25) is 0 Å². The monoisotopic (exact) mass is 560 g/mol. The molecule has 1 aliphatic heterocycles. The number of fused-ring (bicyclic) bond motifs is 2. The Bertz CT molecular complexity index is 1730. The number of hydrogen-bond acceptors (Lipinski definition) is 6. The van der Waals surface area contributed by atoms with Crippen molar-refractivity contribution in [2.24, 2.45) is 11.8 Å². The molecule has 1 aliphatic carbocycles. The van der Waals surface area contributed by atoms with Gasteiger partial charge in [0.15, 0.2) is 12.4 Å². The molecule has 7 heteroatoms. The summed E-state index contributed by atoms with van der Waals surface area (Å²) in [6.07, 6.45) is 3.48. The van der Waals surface area contributed by atoms with Gasteiger partial charge in [0, 0.05) is 16.5 Å². The number of benzene rings is 3. The summed E-state index contributed by atoms with van der Waals surface area (Å²) in [6, 6.07) is 19.8. The van der Waals surface area contributed by atoms with Gasteiger partial charge in [0.05, 0.1) is 34.3 Å². The highest BCUT2D eigenvalue weighted by molar-refractivity contribution is 6.22. The Balaban J connectivity index is 1.28. The molecule has 212 valence electrons. The Hall–Kier alpha value is -4.65. The van der Waals surface area contributed by atoms with Crippen molar-refractivity contribution >= 4 is 40.2 Å². The fourth-order valence-electron chi connectivity index (χ4n) is 6.11. The summed E-state index contributed by atoms with van der Waals surface area (Å²) < 4.78 is 5.51. The highest BCUT2D eigenvalue weighted by Crippen LogP contribution is 2.40. The number of ketones is 1. The van der Waals surface area contributed by atoms with Gasteiger partial charge in [-0.3, -0.25) is 19.3 Å². The van der Waals surface area contributed by atoms with Gasteiger partial charge in [0.25, 0.3) is 0 Å². The molecule has 6 rings (SSSR count). The summed E-state index contributed by atoms with van der Waals surface area (Å²) in [5.74, 6) is -1.55. The van der Waals surface area contributed by atoms with E-state index >= 15 is 0 Å². The summed E-state index contributed by atoms with van der Waals surface area (Å²) in [5, 5.41) is 0.634. The molecule has 2 unspecified atom stereocenters. The molecular weight excluding hydrogens is 528 g/mol. The van der Waals surface area contributed by atoms with Crippen LogP contribution in [0.15, 0.2) is 66.7 Å². The van der Waals surface area contributed by atoms with Gasteiger partial charge in [-0.05, 0) is 74.6 Å². The topological polar surface area (TPSA) is 93.6 Å². The molecule has 2 atom stereocenters. The minimum atomic E-state index is -0.612. The first-order chi connectivity index (χ1) is 20.2. The molecule has 7 nitrogen and oxygen atoms in total. The average molecular weight is 561 g/mol. The molecule has 3 aromatic carbocycles. The van der Waals surface area contributed by atoms with Crippen molar-refractivity contribution in [2.45, 2.75) is 46.5 Å². The Labute approximate surface area is 244 Å². The van der Waals surface area contributed by atoms with Crippen molar-refractivity contribution in [2.75, 3.05) is 11.5 Å². The second-order valence-corrected chi connectivity index (χ2v) is 11.4. The quantitative estimate of drug-likeness (QED) is 0.151. The van der Waals surface area contributed by atoms with Crippen molar-refractivity contribution in [3.8, 4) is 11.3 Å². The van der Waals surface area contributed by atoms with Gasteiger partial charge in [-0.2, -0.15) is 0 Å². The standard InChI is InChI=1S/C35H32N2O5/c1-20-11-12-24(17-22(20)3)31(38)19-42-35(41)29-18-30(36-32-21(2)7-6-10-26(29)32)23-13-15-25(16-14-23)37-33(39)27-8-4-5-9-28(27)34(37)40/h6-7,10-18,27-28H,4-5,8-9,19H2,1-3H3. The molecule has 0 bridgehead atoms. The van der Waals surface area contributed by atoms with E-state index in [1.807, 2.05) is 57.2 Å². The van der Waals surface area contributed by atoms with E-state index in [0.29, 0.717) is 33.4 Å². The van der Waals surface area contributed by atoms with E-state index in [2.05, 4.69) is 0 Å². The molecule has 2 fully saturated rings. The molecular formula is C35H32N2O5. The Morgan fingerprint density at radius 2 is 1.52 bits per heavy atom. The van der Waals surface area contributed by atoms with Crippen molar-refractivity contribution in [1.29, 1.82) is 0 Å². The third-order valence-corrected chi connectivity index (χ3v) is 8.69. The Morgan fingerprint density at radius 1 is 0.833 bits per heavy atom. The van der Waals surface area contributed by atoms with E-state index in [1.165, 1.54) is 4.90 Å². The number of anilines is 1. The average Bonchev–Trinajstić information content (AvgIpc) is 3.26. The van der Waals surface area contributed by atoms with Crippen LogP contribution in [0.25, 0.3) is 22.2 Å². The summed E-state index contributed by atoms with van der Waals surface area (Å²) in [4.78, 5) is 58.4. The fourth-order valence-corrected chi connectivity index (χ4v) is 6.11. The van der Waals surface area contributed by atoms with Crippen molar-refractivity contribution in [1.82, 2.24) is 4.98 Å². The van der Waals surface area contributed by atoms with Crippen LogP contribution in [0.3, 0.4) is 0 Å². The number of esters is 1. The number of carbonyl (C=O) groups is 4. The number of imide groups is 1. The summed E-state index contributed by atoms with van der Waals surface area (Å²) in [6.45, 7) is 5.46. The molecule has 2 heterocycles. The fraction of sp³-hybridized carbons (Fsp3) is 0.286. The second-order valence-electron chi connectivity index (χ2n) is 11.4. The zero-order valence-corrected chi connectivity index (χ0v) is 24.0. The smallest absolute Gasteiger partial charge is 0.339 e. The molecule has 1 aromatic heterocycles. The van der Waals surface area contributed by atoms with Gasteiger partial charge in [-0.15, -0.1) is 0 Å². The normalized spacial score (nSPS) is 18.3. The lowest BCUT2D eigenvalue weighted by Gasteiger charge is -2.19. The van der Waals surface area contributed by atoms with Gasteiger partial charge in [0.2, 0.25) is 11.8 Å². The van der Waals surface area contributed by atoms with E-state index < -0.39 is 5.97 Å². The van der Waals surface area contributed by atoms with Crippen LogP contribution in [-0.4, -0.2) is 35.2 Å². The van der Waals surface area contributed by atoms with Crippen LogP contribution < -0.4 is 4.90 Å². The summed E-state index contributed by atoms with van der Waals surface area (Å²) in [7, 11) is 0. The highest BCUT2D eigenvalue weighted by Gasteiger charge is 2.48. The van der Waals surface area contributed by atoms with Crippen LogP contribution in [0.1, 0.15) is 63.1 Å². The van der Waals surface area contributed by atoms with Gasteiger partial charge < -0.3 is 4.74 Å². The third kappa shape index (κ3) is 4.89. The van der Waals surface area contributed by atoms with Gasteiger partial charge in [-0.1, -0.05) is 55.3 Å². The molecule has 4 aromatic rings. The van der Waals surface area contributed by atoms with Crippen molar-refractivity contribution < 1.29 is 23.9 Å². The van der Waals surface area contributed by atoms with Crippen LogP contribution in [0, 0.1) is 32.6 Å². The van der Waals surface area contributed by atoms with Crippen molar-refractivity contribution in [3.05, 3.63) is 94.5 Å². The summed E-state index contributed by atoms with van der Waals surface area (Å²) in [5.41, 5.74) is 6.24. The van der Waals surface area contributed by atoms with Crippen LogP contribution in [0.4, 0.5) is 5.69 Å². The summed E-state index contributed by atoms with van der Waals surface area (Å²) >= 11 is 0. The van der Waals surface area contributed by atoms with Crippen LogP contribution in [-0.2, 0) is 14.3 Å². The zero-order valence-electron chi connectivity index (χ0n) is 24.0. The predicted molar refractivity (Wildman–Crippen MR) is 160 cm³/mol. The molecule has 2 aliphatic rings. The minimum absolute atomic E-state index is 0.114. The lowest BCUT2D eigenvalue weighted by atomic mass is 9.81. The van der Waals surface area contributed by atoms with E-state index in [1.54, 1.807) is 30.3 Å². The van der Waals surface area contributed by atoms with E-state index in [9.17, 15) is 19.2 Å². The number of pyridine rings is 1. The number of para-hydroxylation sites is 1. The Kier molecular flexibility index (Phi) is 7.19.